The number of hydrogen-bond donors (Lipinski definition) is 2. The average Bonchev–Trinajstić information content (AvgIpc) is 2.77. The van der Waals surface area contributed by atoms with Gasteiger partial charge in [-0.05, 0) is 31.0 Å². The Hall–Kier alpha value is -2.58. The molecular weight excluding hydrogens is 378 g/mol. The first-order valence-corrected chi connectivity index (χ1v) is 10.8. The number of rotatable bonds is 5. The SMILES string of the molecule is Cc1cccc(N2CCN(c3ncnc(N4CCN(CCO)CC4)c3N)CC2)c1C. The molecule has 2 fully saturated rings. The maximum Gasteiger partial charge on any atom is 0.157 e. The minimum atomic E-state index is 0.202. The Kier molecular flexibility index (Phi) is 6.24. The van der Waals surface area contributed by atoms with Gasteiger partial charge in [-0.2, -0.15) is 0 Å². The Morgan fingerprint density at radius 3 is 2.03 bits per heavy atom. The lowest BCUT2D eigenvalue weighted by atomic mass is 10.1. The number of aliphatic hydroxyl groups excluding tert-OH is 1. The zero-order valence-corrected chi connectivity index (χ0v) is 18.1. The number of anilines is 4. The van der Waals surface area contributed by atoms with Crippen molar-refractivity contribution in [2.24, 2.45) is 0 Å². The van der Waals surface area contributed by atoms with Gasteiger partial charge >= 0.3 is 0 Å². The van der Waals surface area contributed by atoms with Gasteiger partial charge in [-0.25, -0.2) is 9.97 Å². The molecule has 0 aliphatic carbocycles. The van der Waals surface area contributed by atoms with E-state index in [0.29, 0.717) is 5.69 Å². The average molecular weight is 412 g/mol. The zero-order valence-electron chi connectivity index (χ0n) is 18.1. The molecule has 30 heavy (non-hydrogen) atoms. The number of nitrogen functional groups attached to an aromatic ring is 1. The summed E-state index contributed by atoms with van der Waals surface area (Å²) >= 11 is 0. The van der Waals surface area contributed by atoms with Crippen LogP contribution < -0.4 is 20.4 Å². The molecule has 0 radical (unpaired) electrons. The van der Waals surface area contributed by atoms with E-state index in [1.807, 2.05) is 0 Å². The number of piperazine rings is 2. The van der Waals surface area contributed by atoms with Crippen molar-refractivity contribution in [3.05, 3.63) is 35.7 Å². The highest BCUT2D eigenvalue weighted by Crippen LogP contribution is 2.31. The van der Waals surface area contributed by atoms with E-state index in [1.54, 1.807) is 6.33 Å². The quantitative estimate of drug-likeness (QED) is 0.757. The van der Waals surface area contributed by atoms with Gasteiger partial charge in [-0.3, -0.25) is 4.90 Å². The van der Waals surface area contributed by atoms with Crippen molar-refractivity contribution in [2.45, 2.75) is 13.8 Å². The number of hydrogen-bond acceptors (Lipinski definition) is 8. The summed E-state index contributed by atoms with van der Waals surface area (Å²) in [6.45, 7) is 12.5. The molecule has 8 nitrogen and oxygen atoms in total. The second kappa shape index (κ2) is 9.06. The predicted octanol–water partition coefficient (Wildman–Crippen LogP) is 1.12. The van der Waals surface area contributed by atoms with E-state index in [4.69, 9.17) is 10.8 Å². The molecule has 2 aromatic rings. The van der Waals surface area contributed by atoms with Crippen LogP contribution >= 0.6 is 0 Å². The maximum atomic E-state index is 9.14. The molecule has 2 saturated heterocycles. The topological polar surface area (TPSA) is 85.0 Å². The van der Waals surface area contributed by atoms with Crippen LogP contribution in [-0.2, 0) is 0 Å². The first-order valence-electron chi connectivity index (χ1n) is 10.8. The van der Waals surface area contributed by atoms with Crippen LogP contribution in [0.1, 0.15) is 11.1 Å². The van der Waals surface area contributed by atoms with E-state index in [1.165, 1.54) is 16.8 Å². The summed E-state index contributed by atoms with van der Waals surface area (Å²) in [5, 5.41) is 9.14. The van der Waals surface area contributed by atoms with Crippen molar-refractivity contribution in [1.29, 1.82) is 0 Å². The number of β-amino-alcohol motifs (C(OH)–C–C–N with tert-alkyl or cyclic N) is 1. The number of nitrogens with two attached hydrogens (primary N) is 1. The Bertz CT molecular complexity index is 859. The summed E-state index contributed by atoms with van der Waals surface area (Å²) in [4.78, 5) is 18.3. The molecular formula is C22H33N7O. The fraction of sp³-hybridized carbons (Fsp3) is 0.545. The Morgan fingerprint density at radius 1 is 0.867 bits per heavy atom. The number of aryl methyl sites for hydroxylation is 1. The van der Waals surface area contributed by atoms with Gasteiger partial charge in [0.2, 0.25) is 0 Å². The molecule has 0 spiro atoms. The van der Waals surface area contributed by atoms with Crippen molar-refractivity contribution in [3.8, 4) is 0 Å². The van der Waals surface area contributed by atoms with Gasteiger partial charge in [0, 0.05) is 64.6 Å². The van der Waals surface area contributed by atoms with Gasteiger partial charge in [0.25, 0.3) is 0 Å². The molecule has 0 amide bonds. The van der Waals surface area contributed by atoms with Gasteiger partial charge < -0.3 is 25.5 Å². The van der Waals surface area contributed by atoms with E-state index in [-0.39, 0.29) is 6.61 Å². The number of nitrogens with zero attached hydrogens (tertiary/aromatic N) is 6. The predicted molar refractivity (Wildman–Crippen MR) is 123 cm³/mol. The minimum absolute atomic E-state index is 0.202. The summed E-state index contributed by atoms with van der Waals surface area (Å²) in [6.07, 6.45) is 1.64. The van der Waals surface area contributed by atoms with Crippen LogP contribution in [0.15, 0.2) is 24.5 Å². The highest BCUT2D eigenvalue weighted by Gasteiger charge is 2.25. The third-order valence-corrected chi connectivity index (χ3v) is 6.43. The van der Waals surface area contributed by atoms with Crippen LogP contribution in [0.4, 0.5) is 23.0 Å². The maximum absolute atomic E-state index is 9.14. The molecule has 0 saturated carbocycles. The van der Waals surface area contributed by atoms with E-state index in [9.17, 15) is 0 Å². The van der Waals surface area contributed by atoms with Crippen molar-refractivity contribution in [3.63, 3.8) is 0 Å². The molecule has 0 unspecified atom stereocenters. The third-order valence-electron chi connectivity index (χ3n) is 6.43. The fourth-order valence-electron chi connectivity index (χ4n) is 4.44. The second-order valence-electron chi connectivity index (χ2n) is 8.18. The largest absolute Gasteiger partial charge is 0.395 e. The van der Waals surface area contributed by atoms with Crippen molar-refractivity contribution in [1.82, 2.24) is 14.9 Å². The van der Waals surface area contributed by atoms with Crippen LogP contribution in [0.3, 0.4) is 0 Å². The Labute approximate surface area is 178 Å². The molecule has 2 aliphatic heterocycles. The van der Waals surface area contributed by atoms with Crippen LogP contribution in [0, 0.1) is 13.8 Å². The van der Waals surface area contributed by atoms with E-state index in [0.717, 1.165) is 70.5 Å². The fourth-order valence-corrected chi connectivity index (χ4v) is 4.44. The highest BCUT2D eigenvalue weighted by atomic mass is 16.3. The molecule has 8 heteroatoms. The molecule has 0 bridgehead atoms. The van der Waals surface area contributed by atoms with Crippen molar-refractivity contribution >= 4 is 23.0 Å². The summed E-state index contributed by atoms with van der Waals surface area (Å²) in [7, 11) is 0. The standard InChI is InChI=1S/C22H33N7O/c1-17-4-3-5-19(18(17)2)27-10-12-29(13-11-27)22-20(23)21(24-16-25-22)28-8-6-26(7-9-28)14-15-30/h3-5,16,30H,6-15,23H2,1-2H3. The molecule has 0 atom stereocenters. The molecule has 2 aliphatic rings. The lowest BCUT2D eigenvalue weighted by molar-refractivity contribution is 0.188. The van der Waals surface area contributed by atoms with Gasteiger partial charge in [0.1, 0.15) is 12.0 Å². The third kappa shape index (κ3) is 4.15. The normalized spacial score (nSPS) is 18.2. The summed E-state index contributed by atoms with van der Waals surface area (Å²) in [5.74, 6) is 1.68. The monoisotopic (exact) mass is 411 g/mol. The van der Waals surface area contributed by atoms with Crippen LogP contribution in [0.25, 0.3) is 0 Å². The summed E-state index contributed by atoms with van der Waals surface area (Å²) < 4.78 is 0. The second-order valence-corrected chi connectivity index (χ2v) is 8.18. The van der Waals surface area contributed by atoms with Crippen molar-refractivity contribution in [2.75, 3.05) is 85.9 Å². The first-order chi connectivity index (χ1) is 14.6. The van der Waals surface area contributed by atoms with E-state index >= 15 is 0 Å². The minimum Gasteiger partial charge on any atom is -0.395 e. The smallest absolute Gasteiger partial charge is 0.157 e. The van der Waals surface area contributed by atoms with Crippen LogP contribution in [-0.4, -0.2) is 85.5 Å². The lowest BCUT2D eigenvalue weighted by Gasteiger charge is -2.39. The summed E-state index contributed by atoms with van der Waals surface area (Å²) in [5.41, 5.74) is 11.2. The molecule has 3 heterocycles. The van der Waals surface area contributed by atoms with Crippen LogP contribution in [0.2, 0.25) is 0 Å². The van der Waals surface area contributed by atoms with Gasteiger partial charge in [-0.1, -0.05) is 12.1 Å². The Morgan fingerprint density at radius 2 is 1.43 bits per heavy atom. The zero-order chi connectivity index (χ0) is 21.1. The molecule has 162 valence electrons. The summed E-state index contributed by atoms with van der Waals surface area (Å²) in [6, 6.07) is 6.52. The van der Waals surface area contributed by atoms with Gasteiger partial charge in [0.15, 0.2) is 11.6 Å². The highest BCUT2D eigenvalue weighted by molar-refractivity contribution is 5.76. The van der Waals surface area contributed by atoms with E-state index in [2.05, 4.69) is 61.6 Å². The molecule has 3 N–H and O–H groups in total. The lowest BCUT2D eigenvalue weighted by Crippen LogP contribution is -2.48. The number of aromatic nitrogens is 2. The molecule has 4 rings (SSSR count). The number of aliphatic hydroxyl groups is 1. The van der Waals surface area contributed by atoms with Crippen molar-refractivity contribution < 1.29 is 5.11 Å². The number of benzene rings is 1. The van der Waals surface area contributed by atoms with Crippen LogP contribution in [0.5, 0.6) is 0 Å². The molecule has 1 aromatic heterocycles. The van der Waals surface area contributed by atoms with Gasteiger partial charge in [-0.15, -0.1) is 0 Å². The first kappa shape index (κ1) is 20.7. The molecule has 1 aromatic carbocycles. The Balaban J connectivity index is 1.43. The van der Waals surface area contributed by atoms with Gasteiger partial charge in [0.05, 0.1) is 6.61 Å². The van der Waals surface area contributed by atoms with E-state index < -0.39 is 0 Å².